The minimum absolute atomic E-state index is 0.452. The quantitative estimate of drug-likeness (QED) is 0.312. The van der Waals surface area contributed by atoms with Gasteiger partial charge in [-0.05, 0) is 24.5 Å². The second kappa shape index (κ2) is 13.4. The Balaban J connectivity index is 0.000000690. The number of unbranched alkanes of at least 4 members (excludes halogenated alkanes) is 6. The van der Waals surface area contributed by atoms with Gasteiger partial charge in [-0.1, -0.05) is 63.6 Å². The molecule has 1 rings (SSSR count). The summed E-state index contributed by atoms with van der Waals surface area (Å²) in [5, 5.41) is 9.58. The van der Waals surface area contributed by atoms with Crippen LogP contribution in [0.15, 0.2) is 24.3 Å². The zero-order valence-corrected chi connectivity index (χ0v) is 18.3. The monoisotopic (exact) mass is 480 g/mol. The fourth-order valence-electron chi connectivity index (χ4n) is 1.99. The van der Waals surface area contributed by atoms with E-state index in [9.17, 15) is 5.11 Å². The van der Waals surface area contributed by atoms with Crippen LogP contribution in [-0.4, -0.2) is 19.0 Å². The van der Waals surface area contributed by atoms with E-state index in [2.05, 4.69) is 6.92 Å². The Hall–Kier alpha value is 0.979. The molecule has 0 spiro atoms. The molecule has 0 fully saturated rings. The van der Waals surface area contributed by atoms with Gasteiger partial charge in [0.1, 0.15) is 5.75 Å². The third kappa shape index (κ3) is 17.2. The van der Waals surface area contributed by atoms with Crippen molar-refractivity contribution in [2.24, 2.45) is 0 Å². The van der Waals surface area contributed by atoms with Gasteiger partial charge in [-0.3, -0.25) is 0 Å². The van der Waals surface area contributed by atoms with E-state index >= 15 is 0 Å². The van der Waals surface area contributed by atoms with E-state index in [0.29, 0.717) is 5.75 Å². The minimum atomic E-state index is -3.29. The summed E-state index contributed by atoms with van der Waals surface area (Å²) in [6.07, 6.45) is 10.3. The van der Waals surface area contributed by atoms with Gasteiger partial charge in [0, 0.05) is 0 Å². The van der Waals surface area contributed by atoms with Crippen molar-refractivity contribution in [1.82, 2.24) is 0 Å². The summed E-state index contributed by atoms with van der Waals surface area (Å²) in [6.45, 7) is 2.25. The van der Waals surface area contributed by atoms with Crippen LogP contribution < -0.4 is 0 Å². The average Bonchev–Trinajstić information content (AvgIpc) is 2.38. The van der Waals surface area contributed by atoms with Crippen molar-refractivity contribution in [1.29, 1.82) is 0 Å². The van der Waals surface area contributed by atoms with Crippen molar-refractivity contribution in [2.75, 3.05) is 0 Å². The van der Waals surface area contributed by atoms with E-state index in [4.69, 9.17) is 35.7 Å². The van der Waals surface area contributed by atoms with E-state index in [1.165, 1.54) is 44.9 Å². The topological polar surface area (TPSA) is 20.2 Å². The molecule has 0 aliphatic carbocycles. The molecule has 0 saturated heterocycles. The summed E-state index contributed by atoms with van der Waals surface area (Å²) in [4.78, 5) is 0. The van der Waals surface area contributed by atoms with Crippen molar-refractivity contribution in [3.8, 4) is 5.75 Å². The first kappa shape index (κ1) is 22.0. The number of benzene rings is 1. The van der Waals surface area contributed by atoms with Crippen LogP contribution in [0.2, 0.25) is 0 Å². The Morgan fingerprint density at radius 2 is 1.33 bits per heavy atom. The number of hydrogen-bond donors (Lipinski definition) is 1. The fraction of sp³-hybridized carbons (Fsp3) is 0.600. The molecule has 0 atom stereocenters. The molecule has 1 aromatic rings. The Morgan fingerprint density at radius 3 is 1.86 bits per heavy atom. The van der Waals surface area contributed by atoms with Gasteiger partial charge in [-0.25, -0.2) is 0 Å². The van der Waals surface area contributed by atoms with Crippen molar-refractivity contribution >= 4 is 49.6 Å². The average molecular weight is 481 g/mol. The van der Waals surface area contributed by atoms with Crippen LogP contribution in [0.3, 0.4) is 0 Å². The molecule has 0 radical (unpaired) electrons. The summed E-state index contributed by atoms with van der Waals surface area (Å²) >= 11 is -3.29. The first-order chi connectivity index (χ1) is 9.84. The summed E-state index contributed by atoms with van der Waals surface area (Å²) in [6, 6.07) is 7.67. The number of halogens is 4. The molecular weight excluding hydrogens is 457 g/mol. The number of para-hydroxylation sites is 1. The Bertz CT molecular complexity index is 363. The molecule has 1 N–H and O–H groups in total. The number of phenolic OH excluding ortho intramolecular Hbond substituents is 1. The molecule has 0 aliphatic heterocycles. The molecule has 0 aromatic heterocycles. The van der Waals surface area contributed by atoms with Crippen molar-refractivity contribution in [3.05, 3.63) is 29.8 Å². The second-order valence-electron chi connectivity index (χ2n) is 4.93. The molecule has 0 bridgehead atoms. The number of aromatic hydroxyl groups is 1. The summed E-state index contributed by atoms with van der Waals surface area (Å²) < 4.78 is 0. The van der Waals surface area contributed by atoms with Crippen molar-refractivity contribution in [3.63, 3.8) is 0 Å². The second-order valence-corrected chi connectivity index (χ2v) is 30.4. The van der Waals surface area contributed by atoms with E-state index in [-0.39, 0.29) is 0 Å². The number of phenols is 1. The van der Waals surface area contributed by atoms with Gasteiger partial charge >= 0.3 is 49.6 Å². The Labute approximate surface area is 147 Å². The summed E-state index contributed by atoms with van der Waals surface area (Å²) in [7, 11) is 20.1. The maximum atomic E-state index is 9.58. The van der Waals surface area contributed by atoms with E-state index in [1.807, 2.05) is 18.2 Å². The first-order valence-electron chi connectivity index (χ1n) is 7.37. The van der Waals surface area contributed by atoms with Crippen LogP contribution in [-0.2, 0) is 6.42 Å². The van der Waals surface area contributed by atoms with Gasteiger partial charge in [0.15, 0.2) is 0 Å². The zero-order valence-electron chi connectivity index (χ0n) is 12.4. The van der Waals surface area contributed by atoms with Gasteiger partial charge in [0.05, 0.1) is 0 Å². The number of aryl methyl sites for hydroxylation is 1. The fourth-order valence-corrected chi connectivity index (χ4v) is 1.99. The van der Waals surface area contributed by atoms with E-state index < -0.39 is 13.9 Å². The van der Waals surface area contributed by atoms with Crippen LogP contribution in [0.4, 0.5) is 0 Å². The molecular formula is C15H24Cl4OSn. The molecule has 6 heteroatoms. The summed E-state index contributed by atoms with van der Waals surface area (Å²) in [5.74, 6) is 0.452. The summed E-state index contributed by atoms with van der Waals surface area (Å²) in [5.41, 5.74) is 1.09. The number of hydrogen-bond acceptors (Lipinski definition) is 1. The predicted molar refractivity (Wildman–Crippen MR) is 99.0 cm³/mol. The van der Waals surface area contributed by atoms with Gasteiger partial charge in [0.25, 0.3) is 0 Å². The van der Waals surface area contributed by atoms with Gasteiger partial charge < -0.3 is 5.11 Å². The molecule has 0 aliphatic rings. The van der Waals surface area contributed by atoms with Gasteiger partial charge in [-0.2, -0.15) is 0 Å². The third-order valence-corrected chi connectivity index (χ3v) is 3.04. The number of rotatable bonds is 8. The molecule has 0 heterocycles. The van der Waals surface area contributed by atoms with Crippen LogP contribution in [0, 0.1) is 0 Å². The molecule has 0 unspecified atom stereocenters. The molecule has 1 nitrogen and oxygen atoms in total. The van der Waals surface area contributed by atoms with E-state index in [0.717, 1.165) is 12.0 Å². The standard InChI is InChI=1S/C15H24O.4ClH.Sn/c1-2-3-4-5-6-7-8-11-14-12-9-10-13-15(14)16;;;;;/h9-10,12-13,16H,2-8,11H2,1H3;4*1H;/q;;;;;+4/p-4. The third-order valence-electron chi connectivity index (χ3n) is 3.04. The molecule has 21 heavy (non-hydrogen) atoms. The molecule has 1 aromatic carbocycles. The van der Waals surface area contributed by atoms with Crippen molar-refractivity contribution < 1.29 is 5.11 Å². The van der Waals surface area contributed by atoms with Crippen LogP contribution >= 0.6 is 35.7 Å². The maximum absolute atomic E-state index is 9.58. The molecule has 0 amide bonds. The van der Waals surface area contributed by atoms with Gasteiger partial charge in [-0.15, -0.1) is 0 Å². The van der Waals surface area contributed by atoms with Gasteiger partial charge in [0.2, 0.25) is 0 Å². The van der Waals surface area contributed by atoms with Crippen LogP contribution in [0.5, 0.6) is 5.75 Å². The van der Waals surface area contributed by atoms with Crippen LogP contribution in [0.1, 0.15) is 57.4 Å². The first-order valence-corrected chi connectivity index (χ1v) is 21.8. The SMILES string of the molecule is CCCCCCCCCc1ccccc1O.[Cl][Sn]([Cl])([Cl])[Cl]. The normalized spacial score (nSPS) is 10.9. The molecule has 122 valence electrons. The predicted octanol–water partition coefficient (Wildman–Crippen LogP) is 7.06. The van der Waals surface area contributed by atoms with Crippen LogP contribution in [0.25, 0.3) is 0 Å². The Morgan fingerprint density at radius 1 is 0.857 bits per heavy atom. The Kier molecular flexibility index (Phi) is 14.0. The van der Waals surface area contributed by atoms with Crippen molar-refractivity contribution in [2.45, 2.75) is 58.3 Å². The molecule has 0 saturated carbocycles. The zero-order chi connectivity index (χ0) is 16.1. The van der Waals surface area contributed by atoms with E-state index in [1.54, 1.807) is 6.07 Å².